The number of unbranched alkanes of at least 4 members (excludes halogenated alkanes) is 1. The molecule has 0 radical (unpaired) electrons. The van der Waals surface area contributed by atoms with E-state index >= 15 is 0 Å². The first-order chi connectivity index (χ1) is 6.81. The summed E-state index contributed by atoms with van der Waals surface area (Å²) in [6.07, 6.45) is 4.74. The Morgan fingerprint density at radius 1 is 1.36 bits per heavy atom. The number of fused-ring (bicyclic) bond motifs is 1. The summed E-state index contributed by atoms with van der Waals surface area (Å²) in [7, 11) is 0. The average Bonchev–Trinajstić information content (AvgIpc) is 2.61. The molecule has 0 bridgehead atoms. The zero-order valence-electron chi connectivity index (χ0n) is 8.22. The van der Waals surface area contributed by atoms with Gasteiger partial charge in [-0.1, -0.05) is 13.3 Å². The highest BCUT2D eigenvalue weighted by Gasteiger charge is 2.05. The molecule has 0 amide bonds. The lowest BCUT2D eigenvalue weighted by Crippen LogP contribution is -1.87. The van der Waals surface area contributed by atoms with E-state index < -0.39 is 0 Å². The molecule has 2 aromatic rings. The molecule has 0 fully saturated rings. The number of rotatable bonds is 3. The Balaban J connectivity index is 2.44. The largest absolute Gasteiger partial charge is 0.464 e. The zero-order valence-corrected chi connectivity index (χ0v) is 8.22. The Labute approximate surface area is 82.5 Å². The lowest BCUT2D eigenvalue weighted by Gasteiger charge is -2.01. The smallest absolute Gasteiger partial charge is 0.137 e. The first kappa shape index (κ1) is 9.25. The maximum absolute atomic E-state index is 13.1. The second-order valence-electron chi connectivity index (χ2n) is 3.50. The highest BCUT2D eigenvalue weighted by Crippen LogP contribution is 2.23. The fraction of sp³-hybridized carbons (Fsp3) is 0.333. The highest BCUT2D eigenvalue weighted by atomic mass is 19.1. The molecule has 1 heterocycles. The van der Waals surface area contributed by atoms with Crippen molar-refractivity contribution in [3.05, 3.63) is 35.8 Å². The predicted molar refractivity (Wildman–Crippen MR) is 54.8 cm³/mol. The number of hydrogen-bond acceptors (Lipinski definition) is 1. The first-order valence-corrected chi connectivity index (χ1v) is 4.97. The standard InChI is InChI=1S/C12H13FO/c1-2-3-4-9-7-10(13)8-12-11(9)5-6-14-12/h5-8H,2-4H2,1H3. The van der Waals surface area contributed by atoms with Crippen LogP contribution in [-0.4, -0.2) is 0 Å². The Bertz CT molecular complexity index is 431. The molecule has 0 aliphatic carbocycles. The van der Waals surface area contributed by atoms with E-state index in [0.717, 1.165) is 30.2 Å². The van der Waals surface area contributed by atoms with E-state index in [1.54, 1.807) is 12.3 Å². The lowest BCUT2D eigenvalue weighted by molar-refractivity contribution is 0.597. The van der Waals surface area contributed by atoms with Crippen molar-refractivity contribution in [1.82, 2.24) is 0 Å². The number of benzene rings is 1. The third kappa shape index (κ3) is 1.65. The summed E-state index contributed by atoms with van der Waals surface area (Å²) in [4.78, 5) is 0. The van der Waals surface area contributed by atoms with Crippen LogP contribution in [0.5, 0.6) is 0 Å². The van der Waals surface area contributed by atoms with Crippen molar-refractivity contribution >= 4 is 11.0 Å². The van der Waals surface area contributed by atoms with Gasteiger partial charge in [-0.2, -0.15) is 0 Å². The van der Waals surface area contributed by atoms with Crippen LogP contribution in [0.4, 0.5) is 4.39 Å². The number of hydrogen-bond donors (Lipinski definition) is 0. The molecule has 0 spiro atoms. The average molecular weight is 192 g/mol. The summed E-state index contributed by atoms with van der Waals surface area (Å²) in [6, 6.07) is 4.94. The van der Waals surface area contributed by atoms with Crippen LogP contribution in [0.15, 0.2) is 28.9 Å². The maximum Gasteiger partial charge on any atom is 0.137 e. The minimum absolute atomic E-state index is 0.210. The quantitative estimate of drug-likeness (QED) is 0.718. The van der Waals surface area contributed by atoms with Crippen molar-refractivity contribution < 1.29 is 8.81 Å². The van der Waals surface area contributed by atoms with Crippen LogP contribution < -0.4 is 0 Å². The summed E-state index contributed by atoms with van der Waals surface area (Å²) in [6.45, 7) is 2.13. The minimum Gasteiger partial charge on any atom is -0.464 e. The van der Waals surface area contributed by atoms with Gasteiger partial charge in [0.05, 0.1) is 6.26 Å². The van der Waals surface area contributed by atoms with E-state index in [4.69, 9.17) is 4.42 Å². The van der Waals surface area contributed by atoms with E-state index in [9.17, 15) is 4.39 Å². The van der Waals surface area contributed by atoms with Gasteiger partial charge >= 0.3 is 0 Å². The van der Waals surface area contributed by atoms with Crippen LogP contribution in [0.3, 0.4) is 0 Å². The fourth-order valence-corrected chi connectivity index (χ4v) is 1.68. The molecule has 0 atom stereocenters. The van der Waals surface area contributed by atoms with Crippen molar-refractivity contribution in [2.45, 2.75) is 26.2 Å². The van der Waals surface area contributed by atoms with Gasteiger partial charge in [0, 0.05) is 11.5 Å². The Kier molecular flexibility index (Phi) is 2.53. The van der Waals surface area contributed by atoms with Crippen LogP contribution in [0.1, 0.15) is 25.3 Å². The van der Waals surface area contributed by atoms with Gasteiger partial charge in [-0.3, -0.25) is 0 Å². The van der Waals surface area contributed by atoms with Crippen LogP contribution >= 0.6 is 0 Å². The zero-order chi connectivity index (χ0) is 9.97. The first-order valence-electron chi connectivity index (χ1n) is 4.97. The van der Waals surface area contributed by atoms with Crippen molar-refractivity contribution in [1.29, 1.82) is 0 Å². The summed E-state index contributed by atoms with van der Waals surface area (Å²) < 4.78 is 18.3. The molecule has 2 rings (SSSR count). The third-order valence-corrected chi connectivity index (χ3v) is 2.42. The van der Waals surface area contributed by atoms with E-state index in [2.05, 4.69) is 6.92 Å². The summed E-state index contributed by atoms with van der Waals surface area (Å²) >= 11 is 0. The van der Waals surface area contributed by atoms with Crippen molar-refractivity contribution in [2.75, 3.05) is 0 Å². The molecule has 74 valence electrons. The molecular formula is C12H13FO. The predicted octanol–water partition coefficient (Wildman–Crippen LogP) is 3.91. The van der Waals surface area contributed by atoms with Gasteiger partial charge in [-0.25, -0.2) is 4.39 Å². The minimum atomic E-state index is -0.210. The van der Waals surface area contributed by atoms with Crippen LogP contribution in [0.25, 0.3) is 11.0 Å². The van der Waals surface area contributed by atoms with E-state index in [0.29, 0.717) is 5.58 Å². The highest BCUT2D eigenvalue weighted by molar-refractivity contribution is 5.80. The summed E-state index contributed by atoms with van der Waals surface area (Å²) in [5.41, 5.74) is 1.70. The number of halogens is 1. The molecule has 0 aliphatic rings. The molecule has 0 N–H and O–H groups in total. The van der Waals surface area contributed by atoms with Crippen molar-refractivity contribution in [3.63, 3.8) is 0 Å². The third-order valence-electron chi connectivity index (χ3n) is 2.42. The molecule has 0 saturated carbocycles. The van der Waals surface area contributed by atoms with E-state index in [1.807, 2.05) is 6.07 Å². The molecule has 1 nitrogen and oxygen atoms in total. The second-order valence-corrected chi connectivity index (χ2v) is 3.50. The van der Waals surface area contributed by atoms with Crippen LogP contribution in [0, 0.1) is 5.82 Å². The van der Waals surface area contributed by atoms with Gasteiger partial charge in [-0.05, 0) is 30.5 Å². The molecule has 0 unspecified atom stereocenters. The summed E-state index contributed by atoms with van der Waals surface area (Å²) in [5.74, 6) is -0.210. The summed E-state index contributed by atoms with van der Waals surface area (Å²) in [5, 5.41) is 1.04. The van der Waals surface area contributed by atoms with Gasteiger partial charge in [0.25, 0.3) is 0 Å². The van der Waals surface area contributed by atoms with Gasteiger partial charge < -0.3 is 4.42 Å². The maximum atomic E-state index is 13.1. The molecule has 2 heteroatoms. The number of furan rings is 1. The van der Waals surface area contributed by atoms with Crippen LogP contribution in [0.2, 0.25) is 0 Å². The van der Waals surface area contributed by atoms with Gasteiger partial charge in [0.2, 0.25) is 0 Å². The molecule has 14 heavy (non-hydrogen) atoms. The Morgan fingerprint density at radius 3 is 3.00 bits per heavy atom. The Hall–Kier alpha value is -1.31. The topological polar surface area (TPSA) is 13.1 Å². The fourth-order valence-electron chi connectivity index (χ4n) is 1.68. The van der Waals surface area contributed by atoms with E-state index in [-0.39, 0.29) is 5.82 Å². The second kappa shape index (κ2) is 3.82. The van der Waals surface area contributed by atoms with Gasteiger partial charge in [0.1, 0.15) is 11.4 Å². The van der Waals surface area contributed by atoms with Crippen LogP contribution in [-0.2, 0) is 6.42 Å². The van der Waals surface area contributed by atoms with Crippen molar-refractivity contribution in [3.8, 4) is 0 Å². The van der Waals surface area contributed by atoms with E-state index in [1.165, 1.54) is 6.07 Å². The molecular weight excluding hydrogens is 179 g/mol. The van der Waals surface area contributed by atoms with Gasteiger partial charge in [0.15, 0.2) is 0 Å². The SMILES string of the molecule is CCCCc1cc(F)cc2occc12. The number of aryl methyl sites for hydroxylation is 1. The van der Waals surface area contributed by atoms with Crippen molar-refractivity contribution in [2.24, 2.45) is 0 Å². The van der Waals surface area contributed by atoms with Gasteiger partial charge in [-0.15, -0.1) is 0 Å². The molecule has 1 aromatic carbocycles. The molecule has 0 saturated heterocycles. The lowest BCUT2D eigenvalue weighted by atomic mass is 10.0. The normalized spacial score (nSPS) is 11.0. The Morgan fingerprint density at radius 2 is 2.21 bits per heavy atom. The molecule has 0 aliphatic heterocycles. The molecule has 1 aromatic heterocycles. The monoisotopic (exact) mass is 192 g/mol.